The van der Waals surface area contributed by atoms with Gasteiger partial charge in [-0.15, -0.1) is 0 Å². The van der Waals surface area contributed by atoms with Gasteiger partial charge in [0.05, 0.1) is 0 Å². The summed E-state index contributed by atoms with van der Waals surface area (Å²) in [5.41, 5.74) is 2.99. The number of carbonyl (C=O) groups excluding carboxylic acids is 1. The second-order valence-electron chi connectivity index (χ2n) is 12.1. The first-order chi connectivity index (χ1) is 21.5. The van der Waals surface area contributed by atoms with Crippen molar-refractivity contribution in [1.82, 2.24) is 10.6 Å². The number of ketones is 1. The van der Waals surface area contributed by atoms with E-state index in [0.29, 0.717) is 17.9 Å². The Hall–Kier alpha value is -3.90. The Labute approximate surface area is 262 Å². The molecule has 0 heterocycles. The van der Waals surface area contributed by atoms with Crippen molar-refractivity contribution in [2.45, 2.75) is 102 Å². The molecule has 6 heteroatoms. The molecule has 0 aliphatic heterocycles. The Morgan fingerprint density at radius 1 is 0.773 bits per heavy atom. The van der Waals surface area contributed by atoms with Crippen LogP contribution in [0.3, 0.4) is 0 Å². The van der Waals surface area contributed by atoms with Crippen LogP contribution >= 0.6 is 0 Å². The zero-order valence-electron chi connectivity index (χ0n) is 26.0. The molecule has 0 bridgehead atoms. The van der Waals surface area contributed by atoms with Crippen molar-refractivity contribution in [3.8, 4) is 5.75 Å². The number of nitrogens with one attached hydrogen (secondary N) is 2. The van der Waals surface area contributed by atoms with Gasteiger partial charge in [-0.3, -0.25) is 4.79 Å². The van der Waals surface area contributed by atoms with Crippen molar-refractivity contribution in [3.05, 3.63) is 113 Å². The zero-order chi connectivity index (χ0) is 31.0. The van der Waals surface area contributed by atoms with E-state index in [0.717, 1.165) is 29.0 Å². The topological polar surface area (TPSA) is 87.7 Å². The Balaban J connectivity index is 0.000000281. The quantitative estimate of drug-likeness (QED) is 0.146. The van der Waals surface area contributed by atoms with Gasteiger partial charge in [0.15, 0.2) is 5.78 Å². The molecule has 0 saturated heterocycles. The summed E-state index contributed by atoms with van der Waals surface area (Å²) in [7, 11) is 0. The molecule has 2 aliphatic carbocycles. The fraction of sp³-hybridized carbons (Fsp3) is 0.421. The van der Waals surface area contributed by atoms with Crippen molar-refractivity contribution in [2.24, 2.45) is 0 Å². The normalized spacial score (nSPS) is 16.7. The highest BCUT2D eigenvalue weighted by Crippen LogP contribution is 2.22. The molecule has 234 valence electrons. The molecule has 5 rings (SSSR count). The van der Waals surface area contributed by atoms with E-state index >= 15 is 0 Å². The SMILES string of the molecule is C/C(=C/C(=O)c1ccccc1)NC(Cc1ccc(OCc2ccccc2)cc1)C(=O)O.C1CCC(NC2CCCCC2)CC1. The number of hydrogen-bond donors (Lipinski definition) is 3. The predicted octanol–water partition coefficient (Wildman–Crippen LogP) is 7.88. The minimum absolute atomic E-state index is 0.172. The number of carboxylic acid groups (broad SMARTS) is 1. The maximum absolute atomic E-state index is 12.3. The van der Waals surface area contributed by atoms with Crippen LogP contribution in [0.15, 0.2) is 96.7 Å². The third-order valence-corrected chi connectivity index (χ3v) is 8.40. The smallest absolute Gasteiger partial charge is 0.326 e. The fourth-order valence-electron chi connectivity index (χ4n) is 5.97. The summed E-state index contributed by atoms with van der Waals surface area (Å²) in [5.74, 6) is -0.434. The predicted molar refractivity (Wildman–Crippen MR) is 177 cm³/mol. The van der Waals surface area contributed by atoms with Gasteiger partial charge < -0.3 is 20.5 Å². The number of benzene rings is 3. The second kappa shape index (κ2) is 18.0. The van der Waals surface area contributed by atoms with E-state index in [9.17, 15) is 14.7 Å². The maximum Gasteiger partial charge on any atom is 0.326 e. The molecule has 3 N–H and O–H groups in total. The average molecular weight is 597 g/mol. The number of ether oxygens (including phenoxy) is 1. The molecule has 0 radical (unpaired) electrons. The molecular weight excluding hydrogens is 548 g/mol. The lowest BCUT2D eigenvalue weighted by molar-refractivity contribution is -0.139. The summed E-state index contributed by atoms with van der Waals surface area (Å²) in [6.07, 6.45) is 16.3. The van der Waals surface area contributed by atoms with Crippen LogP contribution in [0, 0.1) is 0 Å². The first kappa shape index (κ1) is 33.0. The fourth-order valence-corrected chi connectivity index (χ4v) is 5.97. The summed E-state index contributed by atoms with van der Waals surface area (Å²) in [6, 6.07) is 27.0. The Bertz CT molecular complexity index is 1280. The zero-order valence-corrected chi connectivity index (χ0v) is 26.0. The first-order valence-electron chi connectivity index (χ1n) is 16.2. The van der Waals surface area contributed by atoms with Gasteiger partial charge in [-0.2, -0.15) is 0 Å². The first-order valence-corrected chi connectivity index (χ1v) is 16.2. The van der Waals surface area contributed by atoms with Gasteiger partial charge in [0.1, 0.15) is 18.4 Å². The van der Waals surface area contributed by atoms with Crippen molar-refractivity contribution < 1.29 is 19.4 Å². The molecule has 2 aliphatic rings. The molecule has 2 saturated carbocycles. The molecule has 2 fully saturated rings. The van der Waals surface area contributed by atoms with Crippen LogP contribution in [0.2, 0.25) is 0 Å². The minimum atomic E-state index is -0.982. The van der Waals surface area contributed by atoms with E-state index in [4.69, 9.17) is 4.74 Å². The third-order valence-electron chi connectivity index (χ3n) is 8.40. The molecule has 44 heavy (non-hydrogen) atoms. The standard InChI is InChI=1S/C26H25NO4.C12H23N/c1-19(16-25(28)22-10-6-3-7-11-22)27-24(26(29)30)17-20-12-14-23(15-13-20)31-18-21-8-4-2-5-9-21;1-3-7-11(8-4-1)13-12-9-5-2-6-10-12/h2-16,24,27H,17-18H2,1H3,(H,29,30);11-13H,1-10H2/b19-16-;. The summed E-state index contributed by atoms with van der Waals surface area (Å²) < 4.78 is 5.77. The summed E-state index contributed by atoms with van der Waals surface area (Å²) in [4.78, 5) is 24.0. The number of carbonyl (C=O) groups is 2. The van der Waals surface area contributed by atoms with Gasteiger partial charge in [0, 0.05) is 35.8 Å². The summed E-state index contributed by atoms with van der Waals surface area (Å²) in [5, 5.41) is 16.4. The highest BCUT2D eigenvalue weighted by molar-refractivity contribution is 6.04. The van der Waals surface area contributed by atoms with E-state index in [-0.39, 0.29) is 12.2 Å². The van der Waals surface area contributed by atoms with E-state index in [1.807, 2.05) is 60.7 Å². The van der Waals surface area contributed by atoms with Crippen molar-refractivity contribution in [2.75, 3.05) is 0 Å². The van der Waals surface area contributed by atoms with E-state index < -0.39 is 12.0 Å². The molecule has 3 aromatic rings. The van der Waals surface area contributed by atoms with E-state index in [1.165, 1.54) is 70.3 Å². The highest BCUT2D eigenvalue weighted by atomic mass is 16.5. The lowest BCUT2D eigenvalue weighted by atomic mass is 9.91. The van der Waals surface area contributed by atoms with Gasteiger partial charge in [-0.25, -0.2) is 4.79 Å². The van der Waals surface area contributed by atoms with E-state index in [1.54, 1.807) is 31.2 Å². The monoisotopic (exact) mass is 596 g/mol. The average Bonchev–Trinajstić information content (AvgIpc) is 3.06. The van der Waals surface area contributed by atoms with Crippen LogP contribution in [0.5, 0.6) is 5.75 Å². The number of aliphatic carboxylic acids is 1. The van der Waals surface area contributed by atoms with Gasteiger partial charge in [-0.1, -0.05) is 111 Å². The second-order valence-corrected chi connectivity index (χ2v) is 12.1. The third kappa shape index (κ3) is 11.6. The molecular formula is C38H48N2O4. The van der Waals surface area contributed by atoms with Crippen LogP contribution in [-0.2, 0) is 17.8 Å². The van der Waals surface area contributed by atoms with E-state index in [2.05, 4.69) is 10.6 Å². The summed E-state index contributed by atoms with van der Waals surface area (Å²) >= 11 is 0. The Morgan fingerprint density at radius 3 is 1.86 bits per heavy atom. The van der Waals surface area contributed by atoms with Gasteiger partial charge in [-0.05, 0) is 55.9 Å². The largest absolute Gasteiger partial charge is 0.489 e. The highest BCUT2D eigenvalue weighted by Gasteiger charge is 2.20. The lowest BCUT2D eigenvalue weighted by Crippen LogP contribution is -2.40. The van der Waals surface area contributed by atoms with Crippen molar-refractivity contribution in [3.63, 3.8) is 0 Å². The molecule has 6 nitrogen and oxygen atoms in total. The van der Waals surface area contributed by atoms with Gasteiger partial charge >= 0.3 is 5.97 Å². The van der Waals surface area contributed by atoms with Crippen LogP contribution < -0.4 is 15.4 Å². The summed E-state index contributed by atoms with van der Waals surface area (Å²) in [6.45, 7) is 2.16. The number of rotatable bonds is 12. The number of allylic oxidation sites excluding steroid dienone is 2. The van der Waals surface area contributed by atoms with Crippen LogP contribution in [-0.4, -0.2) is 35.0 Å². The van der Waals surface area contributed by atoms with Crippen molar-refractivity contribution >= 4 is 11.8 Å². The molecule has 1 unspecified atom stereocenters. The molecule has 1 atom stereocenters. The Kier molecular flexibility index (Phi) is 13.5. The molecule has 0 aromatic heterocycles. The number of hydrogen-bond acceptors (Lipinski definition) is 5. The van der Waals surface area contributed by atoms with Crippen LogP contribution in [0.25, 0.3) is 0 Å². The number of carboxylic acids is 1. The van der Waals surface area contributed by atoms with Gasteiger partial charge in [0.2, 0.25) is 0 Å². The minimum Gasteiger partial charge on any atom is -0.489 e. The maximum atomic E-state index is 12.3. The van der Waals surface area contributed by atoms with Crippen LogP contribution in [0.4, 0.5) is 0 Å². The molecule has 0 amide bonds. The van der Waals surface area contributed by atoms with Gasteiger partial charge in [0.25, 0.3) is 0 Å². The lowest BCUT2D eigenvalue weighted by Gasteiger charge is -2.30. The molecule has 0 spiro atoms. The molecule has 3 aromatic carbocycles. The Morgan fingerprint density at radius 2 is 1.32 bits per heavy atom. The van der Waals surface area contributed by atoms with Crippen molar-refractivity contribution in [1.29, 1.82) is 0 Å². The van der Waals surface area contributed by atoms with Crippen LogP contribution in [0.1, 0.15) is 92.6 Å².